The van der Waals surface area contributed by atoms with Crippen LogP contribution in [0.15, 0.2) is 48.5 Å². The van der Waals surface area contributed by atoms with E-state index < -0.39 is 0 Å². The minimum atomic E-state index is 0.862. The van der Waals surface area contributed by atoms with Gasteiger partial charge in [0.25, 0.3) is 0 Å². The molecule has 1 heterocycles. The summed E-state index contributed by atoms with van der Waals surface area (Å²) in [6.07, 6.45) is 0. The molecule has 24 heavy (non-hydrogen) atoms. The van der Waals surface area contributed by atoms with Gasteiger partial charge in [0.2, 0.25) is 0 Å². The third-order valence-electron chi connectivity index (χ3n) is 4.64. The van der Waals surface area contributed by atoms with Crippen LogP contribution in [0.1, 0.15) is 11.1 Å². The van der Waals surface area contributed by atoms with E-state index in [-0.39, 0.29) is 0 Å². The number of rotatable bonds is 6. The van der Waals surface area contributed by atoms with Crippen molar-refractivity contribution in [2.45, 2.75) is 13.1 Å². The number of para-hydroxylation sites is 1. The van der Waals surface area contributed by atoms with Crippen LogP contribution in [0.25, 0.3) is 0 Å². The number of nitrogens with one attached hydrogen (secondary N) is 1. The van der Waals surface area contributed by atoms with E-state index in [0.29, 0.717) is 0 Å². The first-order valence-corrected chi connectivity index (χ1v) is 8.61. The van der Waals surface area contributed by atoms with E-state index in [9.17, 15) is 0 Å². The molecule has 0 amide bonds. The minimum Gasteiger partial charge on any atom is -0.497 e. The predicted octanol–water partition coefficient (Wildman–Crippen LogP) is 2.74. The minimum absolute atomic E-state index is 0.862. The number of ether oxygens (including phenoxy) is 1. The van der Waals surface area contributed by atoms with Gasteiger partial charge in [-0.25, -0.2) is 0 Å². The second-order valence-electron chi connectivity index (χ2n) is 6.37. The van der Waals surface area contributed by atoms with Crippen LogP contribution in [0, 0.1) is 0 Å². The fourth-order valence-corrected chi connectivity index (χ4v) is 3.10. The van der Waals surface area contributed by atoms with Gasteiger partial charge in [0.05, 0.1) is 7.11 Å². The molecule has 2 aromatic carbocycles. The van der Waals surface area contributed by atoms with Crippen LogP contribution in [0.4, 0.5) is 5.69 Å². The number of methoxy groups -OCH3 is 1. The Labute approximate surface area is 145 Å². The second kappa shape index (κ2) is 8.18. The monoisotopic (exact) mass is 325 g/mol. The molecule has 4 nitrogen and oxygen atoms in total. The molecular formula is C20H27N3O. The fourth-order valence-electron chi connectivity index (χ4n) is 3.10. The van der Waals surface area contributed by atoms with Crippen molar-refractivity contribution in [2.75, 3.05) is 45.2 Å². The van der Waals surface area contributed by atoms with E-state index in [1.807, 2.05) is 12.1 Å². The summed E-state index contributed by atoms with van der Waals surface area (Å²) in [6, 6.07) is 17.0. The highest BCUT2D eigenvalue weighted by Crippen LogP contribution is 2.21. The molecular weight excluding hydrogens is 298 g/mol. The molecule has 1 fully saturated rings. The van der Waals surface area contributed by atoms with Crippen LogP contribution in [0.3, 0.4) is 0 Å². The average Bonchev–Trinajstić information content (AvgIpc) is 2.63. The van der Waals surface area contributed by atoms with Crippen LogP contribution in [0.5, 0.6) is 5.75 Å². The van der Waals surface area contributed by atoms with Gasteiger partial charge in [-0.1, -0.05) is 30.3 Å². The summed E-state index contributed by atoms with van der Waals surface area (Å²) in [5.74, 6) is 0.902. The predicted molar refractivity (Wildman–Crippen MR) is 99.7 cm³/mol. The van der Waals surface area contributed by atoms with Crippen molar-refractivity contribution < 1.29 is 4.74 Å². The van der Waals surface area contributed by atoms with Crippen LogP contribution in [-0.2, 0) is 13.1 Å². The summed E-state index contributed by atoms with van der Waals surface area (Å²) in [5, 5.41) is 3.57. The normalized spacial score (nSPS) is 15.5. The molecule has 128 valence electrons. The van der Waals surface area contributed by atoms with Crippen molar-refractivity contribution in [2.24, 2.45) is 0 Å². The van der Waals surface area contributed by atoms with Gasteiger partial charge >= 0.3 is 0 Å². The third-order valence-corrected chi connectivity index (χ3v) is 4.64. The zero-order chi connectivity index (χ0) is 16.8. The van der Waals surface area contributed by atoms with E-state index in [0.717, 1.165) is 45.0 Å². The van der Waals surface area contributed by atoms with Gasteiger partial charge in [0.15, 0.2) is 0 Å². The molecule has 1 saturated heterocycles. The molecule has 1 N–H and O–H groups in total. The molecule has 3 rings (SSSR count). The largest absolute Gasteiger partial charge is 0.497 e. The van der Waals surface area contributed by atoms with Crippen molar-refractivity contribution in [3.8, 4) is 5.75 Å². The van der Waals surface area contributed by atoms with Crippen molar-refractivity contribution in [3.63, 3.8) is 0 Å². The number of benzene rings is 2. The van der Waals surface area contributed by atoms with Crippen molar-refractivity contribution in [3.05, 3.63) is 59.7 Å². The van der Waals surface area contributed by atoms with Gasteiger partial charge in [-0.3, -0.25) is 0 Å². The molecule has 4 heteroatoms. The first kappa shape index (κ1) is 16.8. The average molecular weight is 325 g/mol. The maximum absolute atomic E-state index is 5.20. The topological polar surface area (TPSA) is 27.7 Å². The Bertz CT molecular complexity index is 634. The molecule has 0 aliphatic carbocycles. The number of hydrogen-bond acceptors (Lipinski definition) is 4. The Morgan fingerprint density at radius 2 is 1.62 bits per heavy atom. The lowest BCUT2D eigenvalue weighted by Gasteiger charge is -2.35. The van der Waals surface area contributed by atoms with E-state index in [1.54, 1.807) is 7.11 Å². The molecule has 0 atom stereocenters. The van der Waals surface area contributed by atoms with Crippen LogP contribution in [-0.4, -0.2) is 45.2 Å². The highest BCUT2D eigenvalue weighted by atomic mass is 16.5. The van der Waals surface area contributed by atoms with Gasteiger partial charge in [0.1, 0.15) is 5.75 Å². The zero-order valence-corrected chi connectivity index (χ0v) is 14.7. The van der Waals surface area contributed by atoms with Crippen molar-refractivity contribution >= 4 is 5.69 Å². The zero-order valence-electron chi connectivity index (χ0n) is 14.7. The summed E-state index contributed by atoms with van der Waals surface area (Å²) in [7, 11) is 3.89. The van der Waals surface area contributed by atoms with Crippen LogP contribution < -0.4 is 15.0 Å². The van der Waals surface area contributed by atoms with E-state index >= 15 is 0 Å². The first-order valence-electron chi connectivity index (χ1n) is 8.61. The second-order valence-corrected chi connectivity index (χ2v) is 6.37. The summed E-state index contributed by atoms with van der Waals surface area (Å²) in [6.45, 7) is 6.22. The smallest absolute Gasteiger partial charge is 0.118 e. The number of likely N-dealkylation sites (N-methyl/N-ethyl adjacent to an activating group) is 1. The van der Waals surface area contributed by atoms with E-state index in [2.05, 4.69) is 58.6 Å². The van der Waals surface area contributed by atoms with Crippen molar-refractivity contribution in [1.29, 1.82) is 0 Å². The molecule has 0 radical (unpaired) electrons. The van der Waals surface area contributed by atoms with Crippen LogP contribution >= 0.6 is 0 Å². The number of nitrogens with zero attached hydrogens (tertiary/aromatic N) is 2. The lowest BCUT2D eigenvalue weighted by molar-refractivity contribution is 0.312. The summed E-state index contributed by atoms with van der Waals surface area (Å²) < 4.78 is 5.20. The molecule has 0 aromatic heterocycles. The standard InChI is InChI=1S/C20H27N3O/c1-22-11-13-23(14-12-22)20-6-4-3-5-18(20)16-21-15-17-7-9-19(24-2)10-8-17/h3-10,21H,11-16H2,1-2H3. The summed E-state index contributed by atoms with van der Waals surface area (Å²) in [5.41, 5.74) is 4.01. The maximum Gasteiger partial charge on any atom is 0.118 e. The molecule has 0 unspecified atom stereocenters. The SMILES string of the molecule is COc1ccc(CNCc2ccccc2N2CCN(C)CC2)cc1. The summed E-state index contributed by atoms with van der Waals surface area (Å²) in [4.78, 5) is 4.89. The number of piperazine rings is 1. The highest BCUT2D eigenvalue weighted by molar-refractivity contribution is 5.54. The maximum atomic E-state index is 5.20. The Kier molecular flexibility index (Phi) is 5.72. The van der Waals surface area contributed by atoms with Crippen LogP contribution in [0.2, 0.25) is 0 Å². The molecule has 1 aliphatic heterocycles. The van der Waals surface area contributed by atoms with Gasteiger partial charge in [-0.2, -0.15) is 0 Å². The Morgan fingerprint density at radius 1 is 0.917 bits per heavy atom. The molecule has 0 saturated carbocycles. The fraction of sp³-hybridized carbons (Fsp3) is 0.400. The van der Waals surface area contributed by atoms with E-state index in [4.69, 9.17) is 4.74 Å². The van der Waals surface area contributed by atoms with Gasteiger partial charge < -0.3 is 19.9 Å². The first-order chi connectivity index (χ1) is 11.8. The van der Waals surface area contributed by atoms with E-state index in [1.165, 1.54) is 16.8 Å². The van der Waals surface area contributed by atoms with Crippen molar-refractivity contribution in [1.82, 2.24) is 10.2 Å². The highest BCUT2D eigenvalue weighted by Gasteiger charge is 2.16. The Hall–Kier alpha value is -2.04. The van der Waals surface area contributed by atoms with Gasteiger partial charge in [-0.15, -0.1) is 0 Å². The molecule has 2 aromatic rings. The molecule has 0 spiro atoms. The lowest BCUT2D eigenvalue weighted by Crippen LogP contribution is -2.44. The third kappa shape index (κ3) is 4.28. The Morgan fingerprint density at radius 3 is 2.33 bits per heavy atom. The lowest BCUT2D eigenvalue weighted by atomic mass is 10.1. The van der Waals surface area contributed by atoms with Gasteiger partial charge in [-0.05, 0) is 36.4 Å². The number of anilines is 1. The molecule has 0 bridgehead atoms. The van der Waals surface area contributed by atoms with Gasteiger partial charge in [0, 0.05) is 45.0 Å². The Balaban J connectivity index is 1.58. The number of hydrogen-bond donors (Lipinski definition) is 1. The quantitative estimate of drug-likeness (QED) is 0.884. The summed E-state index contributed by atoms with van der Waals surface area (Å²) >= 11 is 0. The molecule has 1 aliphatic rings.